The first-order valence-corrected chi connectivity index (χ1v) is 8.07. The lowest BCUT2D eigenvalue weighted by atomic mass is 9.97. The molecule has 0 spiro atoms. The fourth-order valence-corrected chi connectivity index (χ4v) is 2.62. The molecule has 0 radical (unpaired) electrons. The molecule has 140 valence electrons. The van der Waals surface area contributed by atoms with E-state index in [1.165, 1.54) is 31.4 Å². The van der Waals surface area contributed by atoms with E-state index in [9.17, 15) is 24.5 Å². The third kappa shape index (κ3) is 5.16. The van der Waals surface area contributed by atoms with Crippen LogP contribution in [0.5, 0.6) is 0 Å². The Hall–Kier alpha value is -3.17. The number of benzene rings is 1. The number of non-ortho nitro benzene ring substituents is 1. The highest BCUT2D eigenvalue weighted by molar-refractivity contribution is 6.39. The number of nitro benzene ring substituents is 1. The van der Waals surface area contributed by atoms with Gasteiger partial charge in [-0.15, -0.1) is 0 Å². The van der Waals surface area contributed by atoms with Gasteiger partial charge >= 0.3 is 17.9 Å². The van der Waals surface area contributed by atoms with Gasteiger partial charge in [-0.2, -0.15) is 0 Å². The van der Waals surface area contributed by atoms with Crippen LogP contribution in [-0.4, -0.2) is 54.5 Å². The van der Waals surface area contributed by atoms with Crippen LogP contribution in [0.4, 0.5) is 16.2 Å². The summed E-state index contributed by atoms with van der Waals surface area (Å²) in [4.78, 5) is 46.8. The summed E-state index contributed by atoms with van der Waals surface area (Å²) in [7, 11) is 1.33. The summed E-state index contributed by atoms with van der Waals surface area (Å²) in [5, 5.41) is 15.5. The van der Waals surface area contributed by atoms with Crippen LogP contribution in [0.3, 0.4) is 0 Å². The van der Waals surface area contributed by atoms with Crippen LogP contribution in [0.2, 0.25) is 0 Å². The van der Waals surface area contributed by atoms with E-state index in [0.29, 0.717) is 38.2 Å². The lowest BCUT2D eigenvalue weighted by molar-refractivity contribution is -0.384. The standard InChI is InChI=1S/C16H20N4O6/c1-26-16(23)19-8-6-11(7-9-19)10-17-14(21)15(22)18-12-2-4-13(5-3-12)20(24)25/h2-5,11H,6-10H2,1H3,(H,17,21)(H,18,22). The minimum Gasteiger partial charge on any atom is -0.453 e. The van der Waals surface area contributed by atoms with Crippen LogP contribution in [-0.2, 0) is 14.3 Å². The molecule has 2 N–H and O–H groups in total. The van der Waals surface area contributed by atoms with Gasteiger partial charge in [0, 0.05) is 37.5 Å². The van der Waals surface area contributed by atoms with Gasteiger partial charge in [-0.25, -0.2) is 4.79 Å². The number of hydrogen-bond donors (Lipinski definition) is 2. The predicted octanol–water partition coefficient (Wildman–Crippen LogP) is 1.13. The summed E-state index contributed by atoms with van der Waals surface area (Å²) in [6, 6.07) is 5.18. The van der Waals surface area contributed by atoms with Crippen molar-refractivity contribution >= 4 is 29.3 Å². The third-order valence-corrected chi connectivity index (χ3v) is 4.14. The van der Waals surface area contributed by atoms with E-state index in [2.05, 4.69) is 15.4 Å². The molecule has 0 bridgehead atoms. The molecule has 1 saturated heterocycles. The number of carbonyl (C=O) groups excluding carboxylic acids is 3. The van der Waals surface area contributed by atoms with Gasteiger partial charge in [-0.3, -0.25) is 19.7 Å². The number of nitrogens with zero attached hydrogens (tertiary/aromatic N) is 2. The summed E-state index contributed by atoms with van der Waals surface area (Å²) >= 11 is 0. The molecule has 0 aromatic heterocycles. The Bertz CT molecular complexity index is 682. The van der Waals surface area contributed by atoms with Gasteiger partial charge in [-0.1, -0.05) is 0 Å². The number of ether oxygens (including phenoxy) is 1. The Balaban J connectivity index is 1.75. The Morgan fingerprint density at radius 3 is 2.35 bits per heavy atom. The first kappa shape index (κ1) is 19.2. The third-order valence-electron chi connectivity index (χ3n) is 4.14. The fraction of sp³-hybridized carbons (Fsp3) is 0.438. The minimum absolute atomic E-state index is 0.106. The molecule has 1 aromatic carbocycles. The molecule has 0 atom stereocenters. The molecule has 1 heterocycles. The first-order chi connectivity index (χ1) is 12.4. The van der Waals surface area contributed by atoms with Gasteiger partial charge in [0.1, 0.15) is 0 Å². The van der Waals surface area contributed by atoms with Gasteiger partial charge in [0.25, 0.3) is 5.69 Å². The van der Waals surface area contributed by atoms with E-state index in [4.69, 9.17) is 0 Å². The van der Waals surface area contributed by atoms with Crippen LogP contribution in [0.1, 0.15) is 12.8 Å². The molecule has 10 heteroatoms. The summed E-state index contributed by atoms with van der Waals surface area (Å²) in [6.07, 6.45) is 1.05. The number of anilines is 1. The van der Waals surface area contributed by atoms with Gasteiger partial charge in [0.2, 0.25) is 0 Å². The SMILES string of the molecule is COC(=O)N1CCC(CNC(=O)C(=O)Nc2ccc([N+](=O)[O-])cc2)CC1. The number of hydrogen-bond acceptors (Lipinski definition) is 6. The van der Waals surface area contributed by atoms with Gasteiger partial charge in [0.05, 0.1) is 12.0 Å². The Morgan fingerprint density at radius 1 is 1.19 bits per heavy atom. The van der Waals surface area contributed by atoms with E-state index in [1.54, 1.807) is 4.90 Å². The van der Waals surface area contributed by atoms with E-state index in [-0.39, 0.29) is 17.7 Å². The lowest BCUT2D eigenvalue weighted by Gasteiger charge is -2.30. The maximum atomic E-state index is 11.9. The molecule has 1 fully saturated rings. The zero-order valence-electron chi connectivity index (χ0n) is 14.3. The zero-order chi connectivity index (χ0) is 19.1. The number of likely N-dealkylation sites (tertiary alicyclic amines) is 1. The number of carbonyl (C=O) groups is 3. The summed E-state index contributed by atoms with van der Waals surface area (Å²) in [6.45, 7) is 1.42. The highest BCUT2D eigenvalue weighted by Crippen LogP contribution is 2.17. The fourth-order valence-electron chi connectivity index (χ4n) is 2.62. The number of nitro groups is 1. The molecule has 10 nitrogen and oxygen atoms in total. The monoisotopic (exact) mass is 364 g/mol. The summed E-state index contributed by atoms with van der Waals surface area (Å²) in [5.41, 5.74) is 0.188. The summed E-state index contributed by atoms with van der Waals surface area (Å²) in [5.74, 6) is -1.45. The second-order valence-electron chi connectivity index (χ2n) is 5.87. The number of methoxy groups -OCH3 is 1. The molecule has 26 heavy (non-hydrogen) atoms. The largest absolute Gasteiger partial charge is 0.453 e. The highest BCUT2D eigenvalue weighted by atomic mass is 16.6. The zero-order valence-corrected chi connectivity index (χ0v) is 14.3. The molecule has 0 aliphatic carbocycles. The van der Waals surface area contributed by atoms with Gasteiger partial charge in [-0.05, 0) is 30.9 Å². The molecule has 3 amide bonds. The molecule has 0 unspecified atom stereocenters. The van der Waals surface area contributed by atoms with Crippen molar-refractivity contribution in [3.63, 3.8) is 0 Å². The molecule has 1 aliphatic heterocycles. The number of rotatable bonds is 4. The second-order valence-corrected chi connectivity index (χ2v) is 5.87. The smallest absolute Gasteiger partial charge is 0.409 e. The van der Waals surface area contributed by atoms with Crippen molar-refractivity contribution in [1.82, 2.24) is 10.2 Å². The van der Waals surface area contributed by atoms with Crippen LogP contribution in [0.15, 0.2) is 24.3 Å². The normalized spacial score (nSPS) is 14.4. The van der Waals surface area contributed by atoms with Gasteiger partial charge in [0.15, 0.2) is 0 Å². The Morgan fingerprint density at radius 2 is 1.81 bits per heavy atom. The van der Waals surface area contributed by atoms with Crippen molar-refractivity contribution < 1.29 is 24.0 Å². The van der Waals surface area contributed by atoms with Crippen LogP contribution < -0.4 is 10.6 Å². The average molecular weight is 364 g/mol. The number of piperidine rings is 1. The van der Waals surface area contributed by atoms with Crippen molar-refractivity contribution in [2.45, 2.75) is 12.8 Å². The molecule has 2 rings (SSSR count). The topological polar surface area (TPSA) is 131 Å². The van der Waals surface area contributed by atoms with Crippen LogP contribution in [0.25, 0.3) is 0 Å². The second kappa shape index (κ2) is 8.79. The van der Waals surface area contributed by atoms with Crippen molar-refractivity contribution in [3.8, 4) is 0 Å². The molecular formula is C16H20N4O6. The first-order valence-electron chi connectivity index (χ1n) is 8.07. The van der Waals surface area contributed by atoms with Crippen molar-refractivity contribution in [2.24, 2.45) is 5.92 Å². The molecule has 1 aromatic rings. The quantitative estimate of drug-likeness (QED) is 0.468. The van der Waals surface area contributed by atoms with Crippen molar-refractivity contribution in [1.29, 1.82) is 0 Å². The van der Waals surface area contributed by atoms with E-state index >= 15 is 0 Å². The molecule has 1 aliphatic rings. The highest BCUT2D eigenvalue weighted by Gasteiger charge is 2.24. The maximum absolute atomic E-state index is 11.9. The number of nitrogens with one attached hydrogen (secondary N) is 2. The minimum atomic E-state index is -0.842. The molecule has 0 saturated carbocycles. The van der Waals surface area contributed by atoms with E-state index in [0.717, 1.165) is 0 Å². The van der Waals surface area contributed by atoms with Crippen LogP contribution >= 0.6 is 0 Å². The van der Waals surface area contributed by atoms with Gasteiger partial charge < -0.3 is 20.3 Å². The van der Waals surface area contributed by atoms with Crippen LogP contribution in [0, 0.1) is 16.0 Å². The Labute approximate surface area is 149 Å². The predicted molar refractivity (Wildman–Crippen MR) is 91.4 cm³/mol. The average Bonchev–Trinajstić information content (AvgIpc) is 2.66. The van der Waals surface area contributed by atoms with Crippen molar-refractivity contribution in [3.05, 3.63) is 34.4 Å². The van der Waals surface area contributed by atoms with Crippen molar-refractivity contribution in [2.75, 3.05) is 32.1 Å². The van der Waals surface area contributed by atoms with E-state index < -0.39 is 16.7 Å². The summed E-state index contributed by atoms with van der Waals surface area (Å²) < 4.78 is 4.66. The van der Waals surface area contributed by atoms with E-state index in [1.807, 2.05) is 0 Å². The Kier molecular flexibility index (Phi) is 6.48. The maximum Gasteiger partial charge on any atom is 0.409 e. The molecular weight excluding hydrogens is 344 g/mol. The number of amides is 3. The lowest BCUT2D eigenvalue weighted by Crippen LogP contribution is -2.43.